The van der Waals surface area contributed by atoms with Crippen molar-refractivity contribution in [2.75, 3.05) is 7.05 Å². The summed E-state index contributed by atoms with van der Waals surface area (Å²) in [6.45, 7) is 4.90. The summed E-state index contributed by atoms with van der Waals surface area (Å²) in [5.74, 6) is 0.432. The van der Waals surface area contributed by atoms with Crippen molar-refractivity contribution >= 4 is 5.91 Å². The Morgan fingerprint density at radius 2 is 2.22 bits per heavy atom. The molecular weight excluding hydrogens is 226 g/mol. The molecule has 1 unspecified atom stereocenters. The van der Waals surface area contributed by atoms with Gasteiger partial charge in [0, 0.05) is 38.3 Å². The Morgan fingerprint density at radius 3 is 2.72 bits per heavy atom. The third kappa shape index (κ3) is 4.17. The topological polar surface area (TPSA) is 38.1 Å². The lowest BCUT2D eigenvalue weighted by atomic mass is 9.98. The number of amides is 1. The Labute approximate surface area is 110 Å². The van der Waals surface area contributed by atoms with Gasteiger partial charge in [-0.25, -0.2) is 0 Å². The molecule has 0 aromatic carbocycles. The normalized spacial score (nSPS) is 12.4. The van der Waals surface area contributed by atoms with Crippen LogP contribution in [0.4, 0.5) is 0 Å². The third-order valence-corrected chi connectivity index (χ3v) is 3.30. The van der Waals surface area contributed by atoms with Crippen LogP contribution < -0.4 is 0 Å². The molecule has 0 aliphatic carbocycles. The molecule has 18 heavy (non-hydrogen) atoms. The highest BCUT2D eigenvalue weighted by atomic mass is 16.2. The van der Waals surface area contributed by atoms with E-state index in [1.807, 2.05) is 31.4 Å². The predicted molar refractivity (Wildman–Crippen MR) is 73.0 cm³/mol. The van der Waals surface area contributed by atoms with Crippen molar-refractivity contribution in [3.63, 3.8) is 0 Å². The van der Waals surface area contributed by atoms with Crippen LogP contribution in [0, 0.1) is 5.92 Å². The van der Waals surface area contributed by atoms with Gasteiger partial charge in [-0.2, -0.15) is 5.10 Å². The van der Waals surface area contributed by atoms with Gasteiger partial charge in [0.25, 0.3) is 0 Å². The maximum absolute atomic E-state index is 12.3. The van der Waals surface area contributed by atoms with Gasteiger partial charge in [-0.3, -0.25) is 9.48 Å². The van der Waals surface area contributed by atoms with E-state index in [1.165, 1.54) is 0 Å². The Morgan fingerprint density at radius 1 is 1.50 bits per heavy atom. The Hall–Kier alpha value is -1.32. The van der Waals surface area contributed by atoms with Crippen molar-refractivity contribution in [2.24, 2.45) is 13.0 Å². The molecule has 0 bridgehead atoms. The quantitative estimate of drug-likeness (QED) is 0.747. The lowest BCUT2D eigenvalue weighted by Crippen LogP contribution is -2.32. The average molecular weight is 251 g/mol. The van der Waals surface area contributed by atoms with Gasteiger partial charge in [0.1, 0.15) is 0 Å². The fourth-order valence-electron chi connectivity index (χ4n) is 2.17. The molecule has 0 aliphatic rings. The van der Waals surface area contributed by atoms with Gasteiger partial charge in [-0.1, -0.05) is 26.7 Å². The predicted octanol–water partition coefficient (Wildman–Crippen LogP) is 2.59. The van der Waals surface area contributed by atoms with Gasteiger partial charge >= 0.3 is 0 Å². The van der Waals surface area contributed by atoms with E-state index in [2.05, 4.69) is 18.9 Å². The second-order valence-electron chi connectivity index (χ2n) is 4.96. The van der Waals surface area contributed by atoms with Crippen LogP contribution in [0.25, 0.3) is 0 Å². The molecular formula is C14H25N3O. The zero-order chi connectivity index (χ0) is 13.5. The van der Waals surface area contributed by atoms with Gasteiger partial charge in [0.05, 0.1) is 6.20 Å². The zero-order valence-corrected chi connectivity index (χ0v) is 12.0. The maximum Gasteiger partial charge on any atom is 0.225 e. The van der Waals surface area contributed by atoms with E-state index in [-0.39, 0.29) is 11.8 Å². The molecule has 0 aliphatic heterocycles. The fraction of sp³-hybridized carbons (Fsp3) is 0.714. The average Bonchev–Trinajstić information content (AvgIpc) is 2.75. The molecule has 0 saturated carbocycles. The van der Waals surface area contributed by atoms with Gasteiger partial charge in [0.2, 0.25) is 5.91 Å². The molecule has 102 valence electrons. The van der Waals surface area contributed by atoms with Gasteiger partial charge < -0.3 is 4.90 Å². The summed E-state index contributed by atoms with van der Waals surface area (Å²) in [4.78, 5) is 14.1. The first kappa shape index (κ1) is 14.7. The van der Waals surface area contributed by atoms with Crippen LogP contribution >= 0.6 is 0 Å². The highest BCUT2D eigenvalue weighted by molar-refractivity contribution is 5.78. The van der Waals surface area contributed by atoms with E-state index in [9.17, 15) is 4.79 Å². The number of hydrogen-bond donors (Lipinski definition) is 0. The summed E-state index contributed by atoms with van der Waals surface area (Å²) in [6, 6.07) is 0. The minimum absolute atomic E-state index is 0.173. The van der Waals surface area contributed by atoms with Crippen LogP contribution in [0.15, 0.2) is 12.4 Å². The van der Waals surface area contributed by atoms with Crippen molar-refractivity contribution in [1.82, 2.24) is 14.7 Å². The summed E-state index contributed by atoms with van der Waals surface area (Å²) in [5, 5.41) is 4.12. The number of aromatic nitrogens is 2. The summed E-state index contributed by atoms with van der Waals surface area (Å²) in [5.41, 5.74) is 1.08. The van der Waals surface area contributed by atoms with Crippen molar-refractivity contribution in [3.05, 3.63) is 18.0 Å². The first-order chi connectivity index (χ1) is 8.58. The summed E-state index contributed by atoms with van der Waals surface area (Å²) in [6.07, 6.45) is 7.98. The number of rotatable bonds is 7. The molecule has 1 amide bonds. The molecule has 0 saturated heterocycles. The van der Waals surface area contributed by atoms with Crippen LogP contribution in [0.1, 0.15) is 45.1 Å². The highest BCUT2D eigenvalue weighted by Gasteiger charge is 2.20. The molecule has 4 nitrogen and oxygen atoms in total. The van der Waals surface area contributed by atoms with Crippen LogP contribution in [0.5, 0.6) is 0 Å². The molecule has 4 heteroatoms. The Balaban J connectivity index is 2.53. The van der Waals surface area contributed by atoms with Gasteiger partial charge in [-0.15, -0.1) is 0 Å². The molecule has 0 N–H and O–H groups in total. The van der Waals surface area contributed by atoms with Crippen molar-refractivity contribution < 1.29 is 4.79 Å². The molecule has 0 radical (unpaired) electrons. The number of nitrogens with zero attached hydrogens (tertiary/aromatic N) is 3. The lowest BCUT2D eigenvalue weighted by Gasteiger charge is -2.22. The molecule has 1 heterocycles. The summed E-state index contributed by atoms with van der Waals surface area (Å²) in [7, 11) is 3.77. The number of hydrogen-bond acceptors (Lipinski definition) is 2. The molecule has 0 fully saturated rings. The minimum Gasteiger partial charge on any atom is -0.341 e. The number of carbonyl (C=O) groups is 1. The van der Waals surface area contributed by atoms with Crippen molar-refractivity contribution in [1.29, 1.82) is 0 Å². The largest absolute Gasteiger partial charge is 0.341 e. The van der Waals surface area contributed by atoms with E-state index < -0.39 is 0 Å². The Kier molecular flexibility index (Phi) is 5.89. The van der Waals surface area contributed by atoms with Gasteiger partial charge in [0.15, 0.2) is 0 Å². The minimum atomic E-state index is 0.173. The molecule has 1 atom stereocenters. The monoisotopic (exact) mass is 251 g/mol. The summed E-state index contributed by atoms with van der Waals surface area (Å²) < 4.78 is 1.77. The second kappa shape index (κ2) is 7.19. The first-order valence-electron chi connectivity index (χ1n) is 6.81. The molecule has 1 rings (SSSR count). The van der Waals surface area contributed by atoms with Gasteiger partial charge in [-0.05, 0) is 12.8 Å². The Bertz CT molecular complexity index is 373. The molecule has 1 aromatic rings. The number of unbranched alkanes of at least 4 members (excludes halogenated alkanes) is 1. The SMILES string of the molecule is CCCCC(CC)C(=O)N(C)Cc1cnn(C)c1. The fourth-order valence-corrected chi connectivity index (χ4v) is 2.17. The van der Waals surface area contributed by atoms with Crippen LogP contribution in [-0.2, 0) is 18.4 Å². The molecule has 0 spiro atoms. The third-order valence-electron chi connectivity index (χ3n) is 3.30. The van der Waals surface area contributed by atoms with Crippen molar-refractivity contribution in [3.8, 4) is 0 Å². The van der Waals surface area contributed by atoms with E-state index in [0.29, 0.717) is 6.54 Å². The van der Waals surface area contributed by atoms with E-state index in [0.717, 1.165) is 31.2 Å². The van der Waals surface area contributed by atoms with Crippen LogP contribution in [0.3, 0.4) is 0 Å². The number of aryl methyl sites for hydroxylation is 1. The first-order valence-corrected chi connectivity index (χ1v) is 6.81. The number of carbonyl (C=O) groups excluding carboxylic acids is 1. The van der Waals surface area contributed by atoms with Crippen LogP contribution in [0.2, 0.25) is 0 Å². The lowest BCUT2D eigenvalue weighted by molar-refractivity contribution is -0.135. The van der Waals surface area contributed by atoms with E-state index in [4.69, 9.17) is 0 Å². The second-order valence-corrected chi connectivity index (χ2v) is 4.96. The highest BCUT2D eigenvalue weighted by Crippen LogP contribution is 2.16. The smallest absolute Gasteiger partial charge is 0.225 e. The zero-order valence-electron chi connectivity index (χ0n) is 12.0. The van der Waals surface area contributed by atoms with Crippen LogP contribution in [-0.4, -0.2) is 27.6 Å². The van der Waals surface area contributed by atoms with E-state index >= 15 is 0 Å². The van der Waals surface area contributed by atoms with Crippen molar-refractivity contribution in [2.45, 2.75) is 46.1 Å². The summed E-state index contributed by atoms with van der Waals surface area (Å²) >= 11 is 0. The molecule has 1 aromatic heterocycles. The maximum atomic E-state index is 12.3. The van der Waals surface area contributed by atoms with E-state index in [1.54, 1.807) is 4.68 Å². The standard InChI is InChI=1S/C14H25N3O/c1-5-7-8-13(6-2)14(18)16(3)10-12-9-15-17(4)11-12/h9,11,13H,5-8,10H2,1-4H3.